The lowest BCUT2D eigenvalue weighted by Crippen LogP contribution is -2.42. The third kappa shape index (κ3) is 2.71. The number of unbranched alkanes of at least 4 members (excludes halogenated alkanes) is 2. The van der Waals surface area contributed by atoms with Crippen LogP contribution in [0.1, 0.15) is 67.8 Å². The van der Waals surface area contributed by atoms with Crippen LogP contribution in [0.5, 0.6) is 11.5 Å². The molecule has 0 saturated heterocycles. The molecule has 1 saturated carbocycles. The van der Waals surface area contributed by atoms with Crippen LogP contribution >= 0.6 is 0 Å². The molecule has 0 unspecified atom stereocenters. The molecule has 1 heterocycles. The van der Waals surface area contributed by atoms with E-state index in [4.69, 9.17) is 9.47 Å². The van der Waals surface area contributed by atoms with Crippen LogP contribution in [-0.4, -0.2) is 16.9 Å². The Bertz CT molecular complexity index is 544. The average Bonchev–Trinajstić information content (AvgIpc) is 2.85. The van der Waals surface area contributed by atoms with E-state index in [2.05, 4.69) is 6.92 Å². The third-order valence-corrected chi connectivity index (χ3v) is 4.36. The summed E-state index contributed by atoms with van der Waals surface area (Å²) in [6.07, 6.45) is 7.45. The lowest BCUT2D eigenvalue weighted by molar-refractivity contribution is -0.148. The summed E-state index contributed by atoms with van der Waals surface area (Å²) in [5.41, 5.74) is 1.33. The first-order valence-electron chi connectivity index (χ1n) is 7.92. The number of aromatic hydroxyl groups is 1. The van der Waals surface area contributed by atoms with Crippen molar-refractivity contribution in [2.45, 2.75) is 64.1 Å². The topological polar surface area (TPSA) is 55.8 Å². The van der Waals surface area contributed by atoms with E-state index in [1.54, 1.807) is 12.1 Å². The molecule has 1 aliphatic carbocycles. The molecule has 2 aliphatic rings. The summed E-state index contributed by atoms with van der Waals surface area (Å²) in [6, 6.07) is 3.20. The van der Waals surface area contributed by atoms with Crippen LogP contribution in [0.2, 0.25) is 0 Å². The summed E-state index contributed by atoms with van der Waals surface area (Å²) in [5, 5.41) is 9.91. The van der Waals surface area contributed by atoms with Crippen molar-refractivity contribution in [1.29, 1.82) is 0 Å². The quantitative estimate of drug-likeness (QED) is 0.674. The van der Waals surface area contributed by atoms with Crippen molar-refractivity contribution < 1.29 is 19.4 Å². The summed E-state index contributed by atoms with van der Waals surface area (Å²) in [4.78, 5) is 12.4. The van der Waals surface area contributed by atoms with Gasteiger partial charge in [-0.05, 0) is 37.3 Å². The molecular formula is C17H22O4. The number of rotatable bonds is 4. The van der Waals surface area contributed by atoms with E-state index in [1.165, 1.54) is 0 Å². The minimum absolute atomic E-state index is 0.156. The molecule has 0 radical (unpaired) electrons. The van der Waals surface area contributed by atoms with Crippen molar-refractivity contribution in [2.75, 3.05) is 0 Å². The summed E-state index contributed by atoms with van der Waals surface area (Å²) in [6.45, 7) is 2.14. The maximum absolute atomic E-state index is 12.4. The molecule has 0 amide bonds. The van der Waals surface area contributed by atoms with Crippen molar-refractivity contribution in [3.05, 3.63) is 23.3 Å². The highest BCUT2D eigenvalue weighted by molar-refractivity contribution is 5.95. The summed E-state index contributed by atoms with van der Waals surface area (Å²) < 4.78 is 11.6. The van der Waals surface area contributed by atoms with Gasteiger partial charge in [-0.3, -0.25) is 0 Å². The molecule has 21 heavy (non-hydrogen) atoms. The van der Waals surface area contributed by atoms with Crippen molar-refractivity contribution in [3.8, 4) is 11.5 Å². The second kappa shape index (κ2) is 5.58. The molecule has 0 atom stereocenters. The number of phenols is 1. The normalized spacial score (nSPS) is 19.2. The van der Waals surface area contributed by atoms with Crippen molar-refractivity contribution in [2.24, 2.45) is 0 Å². The number of esters is 1. The van der Waals surface area contributed by atoms with Gasteiger partial charge in [0.2, 0.25) is 0 Å². The van der Waals surface area contributed by atoms with Crippen molar-refractivity contribution in [3.63, 3.8) is 0 Å². The maximum Gasteiger partial charge on any atom is 0.345 e. The molecule has 1 N–H and O–H groups in total. The van der Waals surface area contributed by atoms with E-state index in [0.717, 1.165) is 56.9 Å². The van der Waals surface area contributed by atoms with Gasteiger partial charge in [0.1, 0.15) is 17.1 Å². The summed E-state index contributed by atoms with van der Waals surface area (Å²) in [7, 11) is 0. The van der Waals surface area contributed by atoms with E-state index in [0.29, 0.717) is 11.3 Å². The van der Waals surface area contributed by atoms with Gasteiger partial charge in [0.25, 0.3) is 5.79 Å². The average molecular weight is 290 g/mol. The zero-order valence-electron chi connectivity index (χ0n) is 12.5. The van der Waals surface area contributed by atoms with E-state index in [1.807, 2.05) is 0 Å². The van der Waals surface area contributed by atoms with Gasteiger partial charge in [-0.1, -0.05) is 19.8 Å². The Labute approximate surface area is 125 Å². The molecule has 114 valence electrons. The Kier molecular flexibility index (Phi) is 3.79. The number of fused-ring (bicyclic) bond motifs is 1. The number of ether oxygens (including phenoxy) is 2. The second-order valence-corrected chi connectivity index (χ2v) is 6.04. The molecule has 4 nitrogen and oxygen atoms in total. The predicted molar refractivity (Wildman–Crippen MR) is 78.6 cm³/mol. The van der Waals surface area contributed by atoms with Crippen LogP contribution in [0, 0.1) is 0 Å². The van der Waals surface area contributed by atoms with Gasteiger partial charge in [-0.15, -0.1) is 0 Å². The number of hydrogen-bond donors (Lipinski definition) is 1. The zero-order chi connectivity index (χ0) is 14.9. The number of benzene rings is 1. The monoisotopic (exact) mass is 290 g/mol. The zero-order valence-corrected chi connectivity index (χ0v) is 12.5. The van der Waals surface area contributed by atoms with Crippen LogP contribution < -0.4 is 4.74 Å². The standard InChI is InChI=1S/C17H22O4/c1-2-3-4-7-12-10-13(18)11-14-15(12)16(19)21-17(20-14)8-5-6-9-17/h10-11,18H,2-9H2,1H3. The van der Waals surface area contributed by atoms with Crippen LogP contribution in [0.25, 0.3) is 0 Å². The van der Waals surface area contributed by atoms with Gasteiger partial charge >= 0.3 is 5.97 Å². The van der Waals surface area contributed by atoms with Gasteiger partial charge in [-0.25, -0.2) is 4.79 Å². The van der Waals surface area contributed by atoms with E-state index in [9.17, 15) is 9.90 Å². The van der Waals surface area contributed by atoms with Gasteiger partial charge in [0, 0.05) is 18.9 Å². The Balaban J connectivity index is 1.92. The highest BCUT2D eigenvalue weighted by Crippen LogP contribution is 2.43. The van der Waals surface area contributed by atoms with Crippen LogP contribution in [-0.2, 0) is 11.2 Å². The molecule has 3 rings (SSSR count). The lowest BCUT2D eigenvalue weighted by Gasteiger charge is -2.35. The van der Waals surface area contributed by atoms with Gasteiger partial charge < -0.3 is 14.6 Å². The van der Waals surface area contributed by atoms with Crippen molar-refractivity contribution >= 4 is 5.97 Å². The first-order chi connectivity index (χ1) is 10.1. The highest BCUT2D eigenvalue weighted by atomic mass is 16.7. The van der Waals surface area contributed by atoms with Gasteiger partial charge in [0.05, 0.1) is 0 Å². The molecule has 0 bridgehead atoms. The first-order valence-corrected chi connectivity index (χ1v) is 7.92. The summed E-state index contributed by atoms with van der Waals surface area (Å²) in [5.74, 6) is -0.453. The van der Waals surface area contributed by atoms with Crippen LogP contribution in [0.15, 0.2) is 12.1 Å². The van der Waals surface area contributed by atoms with Crippen LogP contribution in [0.3, 0.4) is 0 Å². The number of phenolic OH excluding ortho intramolecular Hbond substituents is 1. The fourth-order valence-electron chi connectivity index (χ4n) is 3.29. The van der Waals surface area contributed by atoms with E-state index < -0.39 is 5.79 Å². The lowest BCUT2D eigenvalue weighted by atomic mass is 9.98. The Hall–Kier alpha value is -1.71. The molecular weight excluding hydrogens is 268 g/mol. The minimum atomic E-state index is -0.793. The van der Waals surface area contributed by atoms with Gasteiger partial charge in [0.15, 0.2) is 0 Å². The fourth-order valence-corrected chi connectivity index (χ4v) is 3.29. The highest BCUT2D eigenvalue weighted by Gasteiger charge is 2.45. The Morgan fingerprint density at radius 1 is 1.19 bits per heavy atom. The number of carbonyl (C=O) groups is 1. The predicted octanol–water partition coefficient (Wildman–Crippen LogP) is 3.94. The third-order valence-electron chi connectivity index (χ3n) is 4.36. The Morgan fingerprint density at radius 3 is 2.67 bits per heavy atom. The first kappa shape index (κ1) is 14.2. The molecule has 1 fully saturated rings. The van der Waals surface area contributed by atoms with E-state index in [-0.39, 0.29) is 11.7 Å². The molecule has 1 aliphatic heterocycles. The molecule has 1 aromatic carbocycles. The number of aryl methyl sites for hydroxylation is 1. The number of carbonyl (C=O) groups excluding carboxylic acids is 1. The SMILES string of the molecule is CCCCCc1cc(O)cc2c1C(=O)OC1(CCCC1)O2. The Morgan fingerprint density at radius 2 is 1.95 bits per heavy atom. The molecule has 1 spiro atoms. The van der Waals surface area contributed by atoms with Gasteiger partial charge in [-0.2, -0.15) is 0 Å². The molecule has 0 aromatic heterocycles. The van der Waals surface area contributed by atoms with Crippen molar-refractivity contribution in [1.82, 2.24) is 0 Å². The second-order valence-electron chi connectivity index (χ2n) is 6.04. The van der Waals surface area contributed by atoms with E-state index >= 15 is 0 Å². The minimum Gasteiger partial charge on any atom is -0.508 e. The number of hydrogen-bond acceptors (Lipinski definition) is 4. The van der Waals surface area contributed by atoms with Crippen LogP contribution in [0.4, 0.5) is 0 Å². The summed E-state index contributed by atoms with van der Waals surface area (Å²) >= 11 is 0. The smallest absolute Gasteiger partial charge is 0.345 e. The largest absolute Gasteiger partial charge is 0.508 e. The maximum atomic E-state index is 12.4. The molecule has 4 heteroatoms. The molecule has 1 aromatic rings. The fraction of sp³-hybridized carbons (Fsp3) is 0.588.